The molecule has 0 aromatic carbocycles. The molecule has 0 aromatic rings. The first-order chi connectivity index (χ1) is 24.3. The maximum absolute atomic E-state index is 2.39. The van der Waals surface area contributed by atoms with E-state index in [0.717, 1.165) is 11.8 Å². The van der Waals surface area contributed by atoms with Crippen LogP contribution in [-0.4, -0.2) is 11.5 Å². The summed E-state index contributed by atoms with van der Waals surface area (Å²) in [6.45, 7) is 9.33. The van der Waals surface area contributed by atoms with E-state index in [-0.39, 0.29) is 0 Å². The molecule has 0 nitrogen and oxygen atoms in total. The summed E-state index contributed by atoms with van der Waals surface area (Å²) in [4.78, 5) is 0. The lowest BCUT2D eigenvalue weighted by atomic mass is 9.95. The molecular formula is C48H98S. The van der Waals surface area contributed by atoms with E-state index in [1.54, 1.807) is 0 Å². The van der Waals surface area contributed by atoms with Crippen LogP contribution in [0.15, 0.2) is 0 Å². The fourth-order valence-corrected chi connectivity index (χ4v) is 9.47. The highest BCUT2D eigenvalue weighted by Crippen LogP contribution is 2.28. The maximum atomic E-state index is 2.39. The smallest absolute Gasteiger partial charge is 0.00390 e. The van der Waals surface area contributed by atoms with Gasteiger partial charge in [0.15, 0.2) is 0 Å². The monoisotopic (exact) mass is 707 g/mol. The Hall–Kier alpha value is 0.350. The third-order valence-electron chi connectivity index (χ3n) is 11.6. The van der Waals surface area contributed by atoms with Crippen molar-refractivity contribution in [1.82, 2.24) is 0 Å². The molecule has 0 amide bonds. The van der Waals surface area contributed by atoms with Crippen LogP contribution in [0.4, 0.5) is 0 Å². The SMILES string of the molecule is CCCCCCCCCCCCC(CCCCCCCCCC)CSCC(CCCCCCCCCC)CCCCCCCCCCCC. The quantitative estimate of drug-likeness (QED) is 0.0568. The van der Waals surface area contributed by atoms with Gasteiger partial charge in [0.1, 0.15) is 0 Å². The van der Waals surface area contributed by atoms with Crippen molar-refractivity contribution in [1.29, 1.82) is 0 Å². The van der Waals surface area contributed by atoms with Gasteiger partial charge in [0, 0.05) is 0 Å². The zero-order valence-corrected chi connectivity index (χ0v) is 36.1. The highest BCUT2D eigenvalue weighted by atomic mass is 32.2. The van der Waals surface area contributed by atoms with Gasteiger partial charge in [-0.05, 0) is 49.0 Å². The van der Waals surface area contributed by atoms with E-state index in [1.807, 2.05) is 0 Å². The van der Waals surface area contributed by atoms with Crippen LogP contribution in [0.25, 0.3) is 0 Å². The lowest BCUT2D eigenvalue weighted by molar-refractivity contribution is 0.428. The largest absolute Gasteiger partial charge is 0.161 e. The second-order valence-electron chi connectivity index (χ2n) is 16.7. The summed E-state index contributed by atoms with van der Waals surface area (Å²) >= 11 is 2.39. The molecule has 0 bridgehead atoms. The van der Waals surface area contributed by atoms with Gasteiger partial charge in [0.25, 0.3) is 0 Å². The molecular weight excluding hydrogens is 609 g/mol. The average Bonchev–Trinajstić information content (AvgIpc) is 3.11. The van der Waals surface area contributed by atoms with Crippen LogP contribution in [0.3, 0.4) is 0 Å². The fraction of sp³-hybridized carbons (Fsp3) is 1.00. The predicted molar refractivity (Wildman–Crippen MR) is 232 cm³/mol. The van der Waals surface area contributed by atoms with Crippen LogP contribution in [0.5, 0.6) is 0 Å². The molecule has 1 heteroatoms. The van der Waals surface area contributed by atoms with E-state index in [0.29, 0.717) is 0 Å². The van der Waals surface area contributed by atoms with Crippen molar-refractivity contribution < 1.29 is 0 Å². The molecule has 0 N–H and O–H groups in total. The third-order valence-corrected chi connectivity index (χ3v) is 13.0. The van der Waals surface area contributed by atoms with Gasteiger partial charge in [0.2, 0.25) is 0 Å². The third kappa shape index (κ3) is 41.0. The topological polar surface area (TPSA) is 0 Å². The van der Waals surface area contributed by atoms with E-state index in [4.69, 9.17) is 0 Å². The Kier molecular flexibility index (Phi) is 44.8. The Balaban J connectivity index is 4.58. The first kappa shape index (κ1) is 49.4. The molecule has 0 saturated carbocycles. The van der Waals surface area contributed by atoms with Crippen molar-refractivity contribution in [2.45, 2.75) is 285 Å². The Morgan fingerprint density at radius 1 is 0.224 bits per heavy atom. The van der Waals surface area contributed by atoms with Crippen LogP contribution in [-0.2, 0) is 0 Å². The minimum absolute atomic E-state index is 0.986. The minimum Gasteiger partial charge on any atom is -0.161 e. The van der Waals surface area contributed by atoms with E-state index in [9.17, 15) is 0 Å². The van der Waals surface area contributed by atoms with Gasteiger partial charge in [0.05, 0.1) is 0 Å². The molecule has 0 heterocycles. The lowest BCUT2D eigenvalue weighted by Gasteiger charge is -2.20. The van der Waals surface area contributed by atoms with E-state index in [1.165, 1.54) is 268 Å². The highest BCUT2D eigenvalue weighted by Gasteiger charge is 2.13. The summed E-state index contributed by atoms with van der Waals surface area (Å²) in [6, 6.07) is 0. The Labute approximate surface area is 318 Å². The number of hydrogen-bond acceptors (Lipinski definition) is 1. The fourth-order valence-electron chi connectivity index (χ4n) is 8.00. The summed E-state index contributed by atoms with van der Waals surface area (Å²) in [5.74, 6) is 4.89. The first-order valence-corrected chi connectivity index (χ1v) is 25.0. The van der Waals surface area contributed by atoms with Crippen molar-refractivity contribution >= 4 is 11.8 Å². The molecule has 0 aromatic heterocycles. The molecule has 0 spiro atoms. The lowest BCUT2D eigenvalue weighted by Crippen LogP contribution is -2.09. The average molecular weight is 707 g/mol. The van der Waals surface area contributed by atoms with E-state index >= 15 is 0 Å². The molecule has 0 rings (SSSR count). The molecule has 0 fully saturated rings. The summed E-state index contributed by atoms with van der Waals surface area (Å²) < 4.78 is 0. The summed E-state index contributed by atoms with van der Waals surface area (Å²) in [6.07, 6.45) is 58.9. The molecule has 2 atom stereocenters. The molecule has 0 radical (unpaired) electrons. The van der Waals surface area contributed by atoms with Crippen LogP contribution in [0, 0.1) is 11.8 Å². The number of unbranched alkanes of at least 4 members (excludes halogenated alkanes) is 32. The first-order valence-electron chi connectivity index (χ1n) is 23.9. The normalized spacial score (nSPS) is 13.0. The molecule has 49 heavy (non-hydrogen) atoms. The number of thioether (sulfide) groups is 1. The van der Waals surface area contributed by atoms with Gasteiger partial charge in [-0.2, -0.15) is 11.8 Å². The van der Waals surface area contributed by atoms with Gasteiger partial charge in [-0.1, -0.05) is 259 Å². The summed E-state index contributed by atoms with van der Waals surface area (Å²) in [5, 5.41) is 0. The second kappa shape index (κ2) is 44.5. The van der Waals surface area contributed by atoms with Crippen LogP contribution in [0.1, 0.15) is 285 Å². The molecule has 0 saturated heterocycles. The Morgan fingerprint density at radius 2 is 0.388 bits per heavy atom. The van der Waals surface area contributed by atoms with Gasteiger partial charge in [-0.25, -0.2) is 0 Å². The Morgan fingerprint density at radius 3 is 0.571 bits per heavy atom. The van der Waals surface area contributed by atoms with Crippen molar-refractivity contribution in [3.63, 3.8) is 0 Å². The standard InChI is InChI=1S/C48H98S/c1-5-9-13-17-21-25-27-31-35-39-43-47(41-37-33-29-23-19-15-11-7-3)45-49-46-48(42-38-34-30-24-20-16-12-8-4)44-40-36-32-28-26-22-18-14-10-6-2/h47-48H,5-46H2,1-4H3. The maximum Gasteiger partial charge on any atom is -0.00390 e. The van der Waals surface area contributed by atoms with Gasteiger partial charge >= 0.3 is 0 Å². The number of hydrogen-bond donors (Lipinski definition) is 0. The second-order valence-corrected chi connectivity index (χ2v) is 17.8. The molecule has 0 aliphatic carbocycles. The highest BCUT2D eigenvalue weighted by molar-refractivity contribution is 7.99. The predicted octanol–water partition coefficient (Wildman–Crippen LogP) is 18.6. The Bertz CT molecular complexity index is 509. The van der Waals surface area contributed by atoms with Gasteiger partial charge < -0.3 is 0 Å². The van der Waals surface area contributed by atoms with Crippen molar-refractivity contribution in [2.24, 2.45) is 11.8 Å². The van der Waals surface area contributed by atoms with Gasteiger partial charge in [-0.15, -0.1) is 0 Å². The van der Waals surface area contributed by atoms with Crippen LogP contribution >= 0.6 is 11.8 Å². The molecule has 0 aliphatic heterocycles. The van der Waals surface area contributed by atoms with Crippen LogP contribution in [0.2, 0.25) is 0 Å². The van der Waals surface area contributed by atoms with Crippen LogP contribution < -0.4 is 0 Å². The summed E-state index contributed by atoms with van der Waals surface area (Å²) in [5.41, 5.74) is 0. The molecule has 0 aliphatic rings. The van der Waals surface area contributed by atoms with E-state index < -0.39 is 0 Å². The van der Waals surface area contributed by atoms with Crippen molar-refractivity contribution in [2.75, 3.05) is 11.5 Å². The molecule has 2 unspecified atom stereocenters. The zero-order valence-electron chi connectivity index (χ0n) is 35.3. The van der Waals surface area contributed by atoms with Crippen molar-refractivity contribution in [3.8, 4) is 0 Å². The van der Waals surface area contributed by atoms with E-state index in [2.05, 4.69) is 39.5 Å². The number of rotatable bonds is 44. The van der Waals surface area contributed by atoms with Gasteiger partial charge in [-0.3, -0.25) is 0 Å². The summed E-state index contributed by atoms with van der Waals surface area (Å²) in [7, 11) is 0. The van der Waals surface area contributed by atoms with Crippen molar-refractivity contribution in [3.05, 3.63) is 0 Å². The zero-order chi connectivity index (χ0) is 35.6. The minimum atomic E-state index is 0.986. The molecule has 296 valence electrons.